The summed E-state index contributed by atoms with van der Waals surface area (Å²) in [6, 6.07) is 3.93. The lowest BCUT2D eigenvalue weighted by molar-refractivity contribution is -0.134. The van der Waals surface area contributed by atoms with E-state index >= 15 is 0 Å². The smallest absolute Gasteiger partial charge is 0.261 e. The van der Waals surface area contributed by atoms with Crippen LogP contribution >= 0.6 is 0 Å². The van der Waals surface area contributed by atoms with Crippen LogP contribution in [0.1, 0.15) is 45.0 Å². The number of piperidine rings is 1. The number of carbonyl (C=O) groups is 1. The fourth-order valence-corrected chi connectivity index (χ4v) is 4.75. The van der Waals surface area contributed by atoms with Crippen molar-refractivity contribution < 1.29 is 14.1 Å². The van der Waals surface area contributed by atoms with Crippen LogP contribution in [0, 0.1) is 5.92 Å². The topological polar surface area (TPSA) is 151 Å². The molecule has 12 nitrogen and oxygen atoms in total. The lowest BCUT2D eigenvalue weighted by Crippen LogP contribution is -2.42. The van der Waals surface area contributed by atoms with E-state index in [1.54, 1.807) is 36.6 Å². The van der Waals surface area contributed by atoms with Crippen LogP contribution in [0.3, 0.4) is 0 Å². The fourth-order valence-electron chi connectivity index (χ4n) is 4.75. The summed E-state index contributed by atoms with van der Waals surface area (Å²) in [5.74, 6) is 1.27. The predicted molar refractivity (Wildman–Crippen MR) is 143 cm³/mol. The molecule has 2 N–H and O–H groups in total. The van der Waals surface area contributed by atoms with Gasteiger partial charge in [-0.2, -0.15) is 10.1 Å². The van der Waals surface area contributed by atoms with Crippen LogP contribution in [0.5, 0.6) is 0 Å². The molecule has 1 atom stereocenters. The molecule has 12 heteroatoms. The van der Waals surface area contributed by atoms with Gasteiger partial charge < -0.3 is 19.9 Å². The summed E-state index contributed by atoms with van der Waals surface area (Å²) >= 11 is 0. The summed E-state index contributed by atoms with van der Waals surface area (Å²) in [6.45, 7) is 7.82. The average molecular weight is 532 g/mol. The molecule has 5 heterocycles. The van der Waals surface area contributed by atoms with Crippen molar-refractivity contribution in [1.29, 1.82) is 0 Å². The van der Waals surface area contributed by atoms with Crippen molar-refractivity contribution in [3.05, 3.63) is 54.5 Å². The molecule has 0 radical (unpaired) electrons. The van der Waals surface area contributed by atoms with Gasteiger partial charge in [-0.15, -0.1) is 0 Å². The zero-order valence-electron chi connectivity index (χ0n) is 22.6. The molecule has 1 saturated heterocycles. The van der Waals surface area contributed by atoms with Crippen LogP contribution in [0.2, 0.25) is 0 Å². The Morgan fingerprint density at radius 2 is 1.87 bits per heavy atom. The Bertz CT molecular complexity index is 1410. The van der Waals surface area contributed by atoms with Crippen molar-refractivity contribution in [2.75, 3.05) is 25.9 Å². The van der Waals surface area contributed by atoms with E-state index in [-0.39, 0.29) is 30.4 Å². The lowest BCUT2D eigenvalue weighted by Gasteiger charge is -2.31. The second kappa shape index (κ2) is 10.9. The highest BCUT2D eigenvalue weighted by Gasteiger charge is 2.38. The molecule has 39 heavy (non-hydrogen) atoms. The molecule has 1 aliphatic heterocycles. The van der Waals surface area contributed by atoms with Crippen LogP contribution in [0.15, 0.2) is 47.6 Å². The summed E-state index contributed by atoms with van der Waals surface area (Å²) in [5.41, 5.74) is 8.15. The Balaban J connectivity index is 1.31. The van der Waals surface area contributed by atoms with Crippen LogP contribution in [0.25, 0.3) is 22.7 Å². The number of rotatable bonds is 8. The Labute approximate surface area is 226 Å². The molecule has 0 aliphatic carbocycles. The maximum absolute atomic E-state index is 12.8. The first kappa shape index (κ1) is 26.4. The lowest BCUT2D eigenvalue weighted by atomic mass is 9.73. The standard InChI is InChI=1S/C27H33N9O3/c1-17(2)27(3,20-5-6-22(29-14-20)18-11-30-26(28)31-12-18)25-33-24(39-34-25)19-13-32-36(15-19)16-23(37)35-9-7-21(38-4)8-10-35/h5-6,11-15,17,21H,7-10,16H2,1-4H3,(H2,28,30,31)/t27-/m1/s1. The highest BCUT2D eigenvalue weighted by molar-refractivity contribution is 5.76. The van der Waals surface area contributed by atoms with Crippen LogP contribution in [-0.2, 0) is 21.5 Å². The van der Waals surface area contributed by atoms with Gasteiger partial charge in [0.1, 0.15) is 6.54 Å². The van der Waals surface area contributed by atoms with Crippen LogP contribution in [0.4, 0.5) is 5.95 Å². The van der Waals surface area contributed by atoms with Gasteiger partial charge in [-0.05, 0) is 37.3 Å². The maximum Gasteiger partial charge on any atom is 0.261 e. The number of nitrogen functional groups attached to an aromatic ring is 1. The molecule has 4 aromatic heterocycles. The number of methoxy groups -OCH3 is 1. The van der Waals surface area contributed by atoms with E-state index in [1.807, 2.05) is 23.2 Å². The monoisotopic (exact) mass is 531 g/mol. The van der Waals surface area contributed by atoms with Crippen molar-refractivity contribution in [2.24, 2.45) is 5.92 Å². The molecule has 0 aromatic carbocycles. The van der Waals surface area contributed by atoms with E-state index in [0.29, 0.717) is 30.4 Å². The third-order valence-electron chi connectivity index (χ3n) is 7.68. The molecule has 1 amide bonds. The first-order valence-electron chi connectivity index (χ1n) is 13.0. The van der Waals surface area contributed by atoms with Gasteiger partial charge in [0.25, 0.3) is 5.89 Å². The second-order valence-electron chi connectivity index (χ2n) is 10.3. The van der Waals surface area contributed by atoms with Crippen molar-refractivity contribution in [1.82, 2.24) is 39.8 Å². The summed E-state index contributed by atoms with van der Waals surface area (Å²) in [7, 11) is 1.71. The number of likely N-dealkylation sites (tertiary alicyclic amines) is 1. The fraction of sp³-hybridized carbons (Fsp3) is 0.444. The average Bonchev–Trinajstić information content (AvgIpc) is 3.63. The molecule has 0 unspecified atom stereocenters. The van der Waals surface area contributed by atoms with Crippen molar-refractivity contribution >= 4 is 11.9 Å². The SMILES string of the molecule is COC1CCN(C(=O)Cn2cc(-c3nc([C@@](C)(c4ccc(-c5cnc(N)nc5)nc4)C(C)C)no3)cn2)CC1. The number of hydrogen-bond donors (Lipinski definition) is 1. The zero-order chi connectivity index (χ0) is 27.6. The summed E-state index contributed by atoms with van der Waals surface area (Å²) in [6.07, 6.45) is 10.4. The quantitative estimate of drug-likeness (QED) is 0.359. The van der Waals surface area contributed by atoms with Gasteiger partial charge in [-0.3, -0.25) is 14.5 Å². The molecule has 5 rings (SSSR count). The first-order chi connectivity index (χ1) is 18.8. The predicted octanol–water partition coefficient (Wildman–Crippen LogP) is 2.97. The van der Waals surface area contributed by atoms with E-state index in [0.717, 1.165) is 29.7 Å². The minimum atomic E-state index is -0.564. The number of pyridine rings is 1. The number of aromatic nitrogens is 7. The number of hydrogen-bond acceptors (Lipinski definition) is 10. The highest BCUT2D eigenvalue weighted by Crippen LogP contribution is 2.38. The number of amides is 1. The molecule has 1 aliphatic rings. The second-order valence-corrected chi connectivity index (χ2v) is 10.3. The molecule has 0 spiro atoms. The van der Waals surface area contributed by atoms with E-state index in [4.69, 9.17) is 20.0 Å². The number of nitrogens with zero attached hydrogens (tertiary/aromatic N) is 8. The number of carbonyl (C=O) groups excluding carboxylic acids is 1. The Morgan fingerprint density at radius 1 is 1.13 bits per heavy atom. The molecule has 4 aromatic rings. The van der Waals surface area contributed by atoms with Crippen molar-refractivity contribution in [3.8, 4) is 22.7 Å². The third-order valence-corrected chi connectivity index (χ3v) is 7.68. The number of anilines is 1. The Hall–Kier alpha value is -4.19. The van der Waals surface area contributed by atoms with E-state index < -0.39 is 5.41 Å². The molecule has 0 saturated carbocycles. The van der Waals surface area contributed by atoms with Crippen LogP contribution in [-0.4, -0.2) is 72.0 Å². The normalized spacial score (nSPS) is 16.0. The minimum Gasteiger partial charge on any atom is -0.381 e. The Morgan fingerprint density at radius 3 is 2.51 bits per heavy atom. The van der Waals surface area contributed by atoms with Gasteiger partial charge in [-0.1, -0.05) is 25.1 Å². The molecule has 0 bridgehead atoms. The Kier molecular flexibility index (Phi) is 7.38. The highest BCUT2D eigenvalue weighted by atomic mass is 16.5. The van der Waals surface area contributed by atoms with Crippen molar-refractivity contribution in [3.63, 3.8) is 0 Å². The first-order valence-corrected chi connectivity index (χ1v) is 13.0. The van der Waals surface area contributed by atoms with E-state index in [1.165, 1.54) is 0 Å². The largest absolute Gasteiger partial charge is 0.381 e. The van der Waals surface area contributed by atoms with Gasteiger partial charge in [0, 0.05) is 50.6 Å². The molecule has 1 fully saturated rings. The number of nitrogens with two attached hydrogens (primary N) is 1. The van der Waals surface area contributed by atoms with Crippen molar-refractivity contribution in [2.45, 2.75) is 51.7 Å². The summed E-state index contributed by atoms with van der Waals surface area (Å²) in [4.78, 5) is 32.1. The molecular weight excluding hydrogens is 498 g/mol. The molecular formula is C27H33N9O3. The molecule has 204 valence electrons. The van der Waals surface area contributed by atoms with Gasteiger partial charge in [0.15, 0.2) is 5.82 Å². The van der Waals surface area contributed by atoms with Crippen LogP contribution < -0.4 is 5.73 Å². The summed E-state index contributed by atoms with van der Waals surface area (Å²) < 4.78 is 12.7. The van der Waals surface area contributed by atoms with E-state index in [2.05, 4.69) is 46.0 Å². The van der Waals surface area contributed by atoms with E-state index in [9.17, 15) is 4.79 Å². The van der Waals surface area contributed by atoms with Gasteiger partial charge in [-0.25, -0.2) is 9.97 Å². The number of ether oxygens (including phenoxy) is 1. The van der Waals surface area contributed by atoms with Gasteiger partial charge in [0.05, 0.1) is 29.0 Å². The maximum atomic E-state index is 12.8. The van der Waals surface area contributed by atoms with Gasteiger partial charge in [0.2, 0.25) is 11.9 Å². The minimum absolute atomic E-state index is 0.0271. The zero-order valence-corrected chi connectivity index (χ0v) is 22.6. The van der Waals surface area contributed by atoms with Gasteiger partial charge >= 0.3 is 0 Å². The summed E-state index contributed by atoms with van der Waals surface area (Å²) in [5, 5.41) is 8.70. The third kappa shape index (κ3) is 5.37.